The van der Waals surface area contributed by atoms with E-state index in [1.807, 2.05) is 32.9 Å². The molecule has 0 unspecified atom stereocenters. The second-order valence-electron chi connectivity index (χ2n) is 8.17. The summed E-state index contributed by atoms with van der Waals surface area (Å²) in [7, 11) is -2.36. The van der Waals surface area contributed by atoms with Gasteiger partial charge in [-0.1, -0.05) is 13.8 Å². The highest BCUT2D eigenvalue weighted by Gasteiger charge is 2.31. The van der Waals surface area contributed by atoms with E-state index in [2.05, 4.69) is 5.32 Å². The minimum absolute atomic E-state index is 0.135. The highest BCUT2D eigenvalue weighted by molar-refractivity contribution is 7.92. The van der Waals surface area contributed by atoms with Gasteiger partial charge in [-0.05, 0) is 67.6 Å². The number of rotatable bonds is 8. The van der Waals surface area contributed by atoms with E-state index >= 15 is 0 Å². The number of hydrogen-bond acceptors (Lipinski definition) is 4. The maximum Gasteiger partial charge on any atom is 0.244 e. The molecule has 1 amide bonds. The molecule has 0 radical (unpaired) electrons. The zero-order valence-corrected chi connectivity index (χ0v) is 20.2. The maximum absolute atomic E-state index is 13.7. The minimum Gasteiger partial charge on any atom is -0.496 e. The van der Waals surface area contributed by atoms with E-state index < -0.39 is 39.6 Å². The number of methoxy groups -OCH3 is 1. The van der Waals surface area contributed by atoms with Crippen molar-refractivity contribution in [3.63, 3.8) is 0 Å². The fourth-order valence-corrected chi connectivity index (χ4v) is 4.82. The van der Waals surface area contributed by atoms with Crippen molar-refractivity contribution >= 4 is 21.6 Å². The summed E-state index contributed by atoms with van der Waals surface area (Å²) in [4.78, 5) is 13.0. The average Bonchev–Trinajstić information content (AvgIpc) is 2.68. The molecular weight excluding hydrogens is 438 g/mol. The van der Waals surface area contributed by atoms with Crippen LogP contribution in [-0.4, -0.2) is 33.7 Å². The van der Waals surface area contributed by atoms with E-state index in [0.29, 0.717) is 0 Å². The quantitative estimate of drug-likeness (QED) is 0.622. The van der Waals surface area contributed by atoms with Crippen molar-refractivity contribution in [1.82, 2.24) is 5.32 Å². The molecule has 2 aromatic carbocycles. The van der Waals surface area contributed by atoms with Gasteiger partial charge in [-0.15, -0.1) is 0 Å². The smallest absolute Gasteiger partial charge is 0.244 e. The van der Waals surface area contributed by atoms with Crippen LogP contribution in [0.25, 0.3) is 0 Å². The van der Waals surface area contributed by atoms with Crippen LogP contribution in [-0.2, 0) is 14.8 Å². The summed E-state index contributed by atoms with van der Waals surface area (Å²) in [6, 6.07) is 4.95. The number of benzene rings is 2. The van der Waals surface area contributed by atoms with Gasteiger partial charge in [0.1, 0.15) is 11.8 Å². The summed E-state index contributed by atoms with van der Waals surface area (Å²) < 4.78 is 58.1. The minimum atomic E-state index is -3.96. The number of hydrogen-bond donors (Lipinski definition) is 1. The molecule has 32 heavy (non-hydrogen) atoms. The average molecular weight is 469 g/mol. The monoisotopic (exact) mass is 468 g/mol. The number of carbonyl (C=O) groups is 1. The summed E-state index contributed by atoms with van der Waals surface area (Å²) in [5, 5.41) is 2.84. The Balaban J connectivity index is 2.35. The Bertz CT molecular complexity index is 1100. The van der Waals surface area contributed by atoms with Gasteiger partial charge in [0.2, 0.25) is 15.9 Å². The van der Waals surface area contributed by atoms with Gasteiger partial charge in [0, 0.05) is 6.07 Å². The molecule has 1 N–H and O–H groups in total. The van der Waals surface area contributed by atoms with Crippen molar-refractivity contribution < 1.29 is 26.7 Å². The maximum atomic E-state index is 13.7. The number of ether oxygens (including phenoxy) is 1. The van der Waals surface area contributed by atoms with Crippen LogP contribution in [0.3, 0.4) is 0 Å². The number of nitrogens with one attached hydrogen (secondary N) is 1. The Morgan fingerprint density at radius 2 is 1.66 bits per heavy atom. The van der Waals surface area contributed by atoms with E-state index in [9.17, 15) is 22.0 Å². The molecule has 0 bridgehead atoms. The third kappa shape index (κ3) is 5.56. The van der Waals surface area contributed by atoms with Crippen LogP contribution in [0.15, 0.2) is 30.3 Å². The zero-order chi connectivity index (χ0) is 24.4. The van der Waals surface area contributed by atoms with Crippen LogP contribution in [0, 0.1) is 18.6 Å². The van der Waals surface area contributed by atoms with Gasteiger partial charge in [-0.3, -0.25) is 9.10 Å². The summed E-state index contributed by atoms with van der Waals surface area (Å²) in [6.07, 6.45) is 0.907. The largest absolute Gasteiger partial charge is 0.496 e. The van der Waals surface area contributed by atoms with Gasteiger partial charge < -0.3 is 10.1 Å². The SMILES string of the molecule is COc1cc(C)c([C@H](C)NC(=O)[C@@H](C)N(c2ccc(F)c(F)c2)S(C)(=O)=O)cc1C(C)C. The first kappa shape index (κ1) is 25.6. The van der Waals surface area contributed by atoms with E-state index in [1.54, 1.807) is 14.0 Å². The summed E-state index contributed by atoms with van der Waals surface area (Å²) in [5.74, 6) is -1.93. The lowest BCUT2D eigenvalue weighted by molar-refractivity contribution is -0.122. The van der Waals surface area contributed by atoms with Crippen LogP contribution in [0.1, 0.15) is 56.3 Å². The van der Waals surface area contributed by atoms with Crippen molar-refractivity contribution in [2.24, 2.45) is 0 Å². The van der Waals surface area contributed by atoms with Crippen molar-refractivity contribution in [1.29, 1.82) is 0 Å². The molecule has 0 spiro atoms. The molecule has 0 aromatic heterocycles. The molecule has 9 heteroatoms. The van der Waals surface area contributed by atoms with Gasteiger partial charge in [0.25, 0.3) is 0 Å². The highest BCUT2D eigenvalue weighted by atomic mass is 32.2. The second-order valence-corrected chi connectivity index (χ2v) is 10.0. The number of aryl methyl sites for hydroxylation is 1. The molecule has 176 valence electrons. The first-order valence-electron chi connectivity index (χ1n) is 10.2. The fraction of sp³-hybridized carbons (Fsp3) is 0.435. The predicted octanol–water partition coefficient (Wildman–Crippen LogP) is 4.44. The normalized spacial score (nSPS) is 13.6. The number of carbonyl (C=O) groups excluding carboxylic acids is 1. The Hall–Kier alpha value is -2.68. The Morgan fingerprint density at radius 3 is 2.16 bits per heavy atom. The van der Waals surface area contributed by atoms with Gasteiger partial charge >= 0.3 is 0 Å². The molecule has 0 aliphatic carbocycles. The van der Waals surface area contributed by atoms with Gasteiger partial charge in [-0.2, -0.15) is 0 Å². The molecule has 0 fully saturated rings. The van der Waals surface area contributed by atoms with Crippen LogP contribution in [0.5, 0.6) is 5.75 Å². The first-order valence-corrected chi connectivity index (χ1v) is 12.1. The molecule has 0 saturated heterocycles. The number of halogens is 2. The lowest BCUT2D eigenvalue weighted by Gasteiger charge is -2.29. The lowest BCUT2D eigenvalue weighted by atomic mass is 9.93. The standard InChI is InChI=1S/C23H30F2N2O4S/c1-13(2)18-12-19(14(3)10-22(18)31-6)15(4)26-23(28)16(5)27(32(7,29)30)17-8-9-20(24)21(25)11-17/h8-13,15-16H,1-7H3,(H,26,28)/t15-,16+/m0/s1. The molecule has 0 aliphatic heterocycles. The van der Waals surface area contributed by atoms with Gasteiger partial charge in [0.15, 0.2) is 11.6 Å². The Labute approximate surface area is 188 Å². The highest BCUT2D eigenvalue weighted by Crippen LogP contribution is 2.32. The van der Waals surface area contributed by atoms with Gasteiger partial charge in [0.05, 0.1) is 25.1 Å². The van der Waals surface area contributed by atoms with Crippen molar-refractivity contribution in [3.8, 4) is 5.75 Å². The lowest BCUT2D eigenvalue weighted by Crippen LogP contribution is -2.48. The zero-order valence-electron chi connectivity index (χ0n) is 19.4. The van der Waals surface area contributed by atoms with Crippen LogP contribution in [0.4, 0.5) is 14.5 Å². The van der Waals surface area contributed by atoms with E-state index in [1.165, 1.54) is 6.92 Å². The van der Waals surface area contributed by atoms with Crippen LogP contribution < -0.4 is 14.4 Å². The summed E-state index contributed by atoms with van der Waals surface area (Å²) in [5.41, 5.74) is 2.63. The molecule has 2 rings (SSSR count). The van der Waals surface area contributed by atoms with Crippen LogP contribution in [0.2, 0.25) is 0 Å². The van der Waals surface area contributed by atoms with E-state index in [4.69, 9.17) is 4.74 Å². The molecule has 6 nitrogen and oxygen atoms in total. The Morgan fingerprint density at radius 1 is 1.03 bits per heavy atom. The predicted molar refractivity (Wildman–Crippen MR) is 122 cm³/mol. The summed E-state index contributed by atoms with van der Waals surface area (Å²) >= 11 is 0. The van der Waals surface area contributed by atoms with E-state index in [0.717, 1.165) is 51.2 Å². The molecule has 0 aliphatic rings. The second kappa shape index (κ2) is 9.85. The fourth-order valence-electron chi connectivity index (χ4n) is 3.65. The van der Waals surface area contributed by atoms with E-state index in [-0.39, 0.29) is 11.6 Å². The van der Waals surface area contributed by atoms with Crippen molar-refractivity contribution in [2.75, 3.05) is 17.7 Å². The summed E-state index contributed by atoms with van der Waals surface area (Å²) in [6.45, 7) is 9.16. The number of sulfonamides is 1. The molecule has 0 heterocycles. The molecule has 0 saturated carbocycles. The third-order valence-corrected chi connectivity index (χ3v) is 6.55. The third-order valence-electron chi connectivity index (χ3n) is 5.31. The molecule has 2 aromatic rings. The van der Waals surface area contributed by atoms with Crippen LogP contribution >= 0.6 is 0 Å². The van der Waals surface area contributed by atoms with Crippen molar-refractivity contribution in [2.45, 2.75) is 52.6 Å². The van der Waals surface area contributed by atoms with Crippen molar-refractivity contribution in [3.05, 3.63) is 58.7 Å². The number of amides is 1. The molecular formula is C23H30F2N2O4S. The molecule has 2 atom stereocenters. The Kier molecular flexibility index (Phi) is 7.88. The topological polar surface area (TPSA) is 75.7 Å². The first-order chi connectivity index (χ1) is 14.8. The van der Waals surface area contributed by atoms with Gasteiger partial charge in [-0.25, -0.2) is 17.2 Å². The number of anilines is 1. The number of nitrogens with zero attached hydrogens (tertiary/aromatic N) is 1.